The van der Waals surface area contributed by atoms with Gasteiger partial charge in [-0.3, -0.25) is 4.79 Å². The third-order valence-corrected chi connectivity index (χ3v) is 5.50. The number of aryl methyl sites for hydroxylation is 1. The first kappa shape index (κ1) is 20.0. The Hall–Kier alpha value is -2.73. The topological polar surface area (TPSA) is 60.7 Å². The van der Waals surface area contributed by atoms with Crippen LogP contribution in [0.4, 0.5) is 0 Å². The number of nitrogens with zero attached hydrogens (tertiary/aromatic N) is 2. The molecule has 0 saturated carbocycles. The van der Waals surface area contributed by atoms with E-state index in [0.29, 0.717) is 17.0 Å². The monoisotopic (exact) mass is 396 g/mol. The van der Waals surface area contributed by atoms with Crippen LogP contribution in [0.3, 0.4) is 0 Å². The molecule has 1 amide bonds. The maximum atomic E-state index is 12.8. The Morgan fingerprint density at radius 3 is 2.43 bits per heavy atom. The number of carbonyl (C=O) groups is 2. The summed E-state index contributed by atoms with van der Waals surface area (Å²) < 4.78 is 8.12. The van der Waals surface area contributed by atoms with Crippen molar-refractivity contribution >= 4 is 33.4 Å². The van der Waals surface area contributed by atoms with Gasteiger partial charge in [-0.1, -0.05) is 55.0 Å². The lowest BCUT2D eigenvalue weighted by Gasteiger charge is -2.21. The third-order valence-electron chi connectivity index (χ3n) is 4.47. The summed E-state index contributed by atoms with van der Waals surface area (Å²) in [4.78, 5) is 30.3. The summed E-state index contributed by atoms with van der Waals surface area (Å²) in [5.41, 5.74) is 2.47. The molecule has 5 nitrogen and oxygen atoms in total. The first-order chi connectivity index (χ1) is 13.4. The molecule has 1 unspecified atom stereocenters. The van der Waals surface area contributed by atoms with Gasteiger partial charge in [-0.25, -0.2) is 4.79 Å². The maximum Gasteiger partial charge on any atom is 0.329 e. The molecule has 0 aliphatic heterocycles. The second-order valence-corrected chi connectivity index (χ2v) is 7.96. The maximum absolute atomic E-state index is 12.8. The lowest BCUT2D eigenvalue weighted by Crippen LogP contribution is -2.32. The van der Waals surface area contributed by atoms with E-state index in [9.17, 15) is 9.59 Å². The van der Waals surface area contributed by atoms with Crippen LogP contribution in [0.1, 0.15) is 42.7 Å². The van der Waals surface area contributed by atoms with E-state index in [2.05, 4.69) is 4.99 Å². The van der Waals surface area contributed by atoms with E-state index in [1.807, 2.05) is 61.7 Å². The van der Waals surface area contributed by atoms with Crippen molar-refractivity contribution in [3.8, 4) is 0 Å². The number of carbonyl (C=O) groups excluding carboxylic acids is 2. The summed E-state index contributed by atoms with van der Waals surface area (Å²) in [6, 6.07) is 14.5. The molecule has 0 N–H and O–H groups in total. The van der Waals surface area contributed by atoms with E-state index in [1.54, 1.807) is 19.1 Å². The van der Waals surface area contributed by atoms with Crippen LogP contribution in [-0.4, -0.2) is 23.1 Å². The van der Waals surface area contributed by atoms with Crippen molar-refractivity contribution in [1.82, 2.24) is 4.57 Å². The van der Waals surface area contributed by atoms with E-state index in [-0.39, 0.29) is 17.8 Å². The fraction of sp³-hybridized carbons (Fsp3) is 0.318. The van der Waals surface area contributed by atoms with Crippen LogP contribution in [0.25, 0.3) is 10.2 Å². The molecule has 0 fully saturated rings. The number of hydrogen-bond acceptors (Lipinski definition) is 4. The predicted octanol–water partition coefficient (Wildman–Crippen LogP) is 4.51. The number of thiazole rings is 1. The standard InChI is InChI=1S/C22H24N2O3S/c1-5-27-21(26)19(14(2)3)24-17-8-6-7-9-18(17)28-22(24)23-20(25)16-12-10-15(4)11-13-16/h6-14,19H,5H2,1-4H3. The number of amides is 1. The van der Waals surface area contributed by atoms with Gasteiger partial charge in [-0.05, 0) is 44.0 Å². The van der Waals surface area contributed by atoms with E-state index >= 15 is 0 Å². The van der Waals surface area contributed by atoms with E-state index in [4.69, 9.17) is 4.74 Å². The van der Waals surface area contributed by atoms with Gasteiger partial charge in [0, 0.05) is 5.56 Å². The van der Waals surface area contributed by atoms with Crippen LogP contribution in [0.5, 0.6) is 0 Å². The van der Waals surface area contributed by atoms with Crippen molar-refractivity contribution in [2.24, 2.45) is 10.9 Å². The molecule has 0 radical (unpaired) electrons. The van der Waals surface area contributed by atoms with E-state index in [0.717, 1.165) is 15.8 Å². The molecule has 3 aromatic rings. The molecule has 1 heterocycles. The molecule has 146 valence electrons. The predicted molar refractivity (Wildman–Crippen MR) is 111 cm³/mol. The summed E-state index contributed by atoms with van der Waals surface area (Å²) in [5, 5.41) is 0. The largest absolute Gasteiger partial charge is 0.464 e. The quantitative estimate of drug-likeness (QED) is 0.596. The second kappa shape index (κ2) is 8.52. The molecule has 0 spiro atoms. The van der Waals surface area contributed by atoms with Crippen LogP contribution in [0.15, 0.2) is 53.5 Å². The molecule has 1 aromatic heterocycles. The van der Waals surface area contributed by atoms with Gasteiger partial charge in [-0.2, -0.15) is 4.99 Å². The van der Waals surface area contributed by atoms with Gasteiger partial charge in [0.2, 0.25) is 0 Å². The normalized spacial score (nSPS) is 13.1. The number of rotatable bonds is 5. The van der Waals surface area contributed by atoms with Gasteiger partial charge in [0.1, 0.15) is 6.04 Å². The average Bonchev–Trinajstić information content (AvgIpc) is 3.00. The number of esters is 1. The number of hydrogen-bond donors (Lipinski definition) is 0. The lowest BCUT2D eigenvalue weighted by atomic mass is 10.0. The van der Waals surface area contributed by atoms with Gasteiger partial charge < -0.3 is 9.30 Å². The zero-order valence-electron chi connectivity index (χ0n) is 16.5. The van der Waals surface area contributed by atoms with Gasteiger partial charge in [0.25, 0.3) is 5.91 Å². The molecule has 1 atom stereocenters. The van der Waals surface area contributed by atoms with Crippen molar-refractivity contribution in [3.63, 3.8) is 0 Å². The van der Waals surface area contributed by atoms with Crippen LogP contribution >= 0.6 is 11.3 Å². The Bertz CT molecular complexity index is 1060. The summed E-state index contributed by atoms with van der Waals surface area (Å²) in [6.07, 6.45) is 0. The number of aromatic nitrogens is 1. The number of para-hydroxylation sites is 1. The molecule has 2 aromatic carbocycles. The highest BCUT2D eigenvalue weighted by Crippen LogP contribution is 2.26. The fourth-order valence-electron chi connectivity index (χ4n) is 3.09. The molecule has 0 bridgehead atoms. The molecule has 28 heavy (non-hydrogen) atoms. The van der Waals surface area contributed by atoms with Crippen molar-refractivity contribution in [2.45, 2.75) is 33.7 Å². The van der Waals surface area contributed by atoms with Gasteiger partial charge in [0.05, 0.1) is 16.8 Å². The third kappa shape index (κ3) is 4.07. The Balaban J connectivity index is 2.19. The van der Waals surface area contributed by atoms with Gasteiger partial charge in [-0.15, -0.1) is 0 Å². The number of benzene rings is 2. The lowest BCUT2D eigenvalue weighted by molar-refractivity contribution is -0.148. The molecule has 0 aliphatic carbocycles. The Kier molecular flexibility index (Phi) is 6.09. The SMILES string of the molecule is CCOC(=O)C(C(C)C)n1c(=NC(=O)c2ccc(C)cc2)sc2ccccc21. The van der Waals surface area contributed by atoms with Gasteiger partial charge >= 0.3 is 5.97 Å². The molecule has 0 aliphatic rings. The minimum absolute atomic E-state index is 0.0227. The summed E-state index contributed by atoms with van der Waals surface area (Å²) in [7, 11) is 0. The minimum Gasteiger partial charge on any atom is -0.464 e. The Labute approximate surface area is 168 Å². The van der Waals surface area contributed by atoms with Crippen LogP contribution in [0.2, 0.25) is 0 Å². The van der Waals surface area contributed by atoms with E-state index < -0.39 is 6.04 Å². The van der Waals surface area contributed by atoms with Crippen LogP contribution in [0, 0.1) is 12.8 Å². The van der Waals surface area contributed by atoms with Crippen molar-refractivity contribution in [2.75, 3.05) is 6.61 Å². The number of fused-ring (bicyclic) bond motifs is 1. The first-order valence-corrected chi connectivity index (χ1v) is 10.2. The minimum atomic E-state index is -0.555. The molecule has 6 heteroatoms. The molecule has 3 rings (SSSR count). The zero-order chi connectivity index (χ0) is 20.3. The van der Waals surface area contributed by atoms with Crippen molar-refractivity contribution in [1.29, 1.82) is 0 Å². The highest BCUT2D eigenvalue weighted by molar-refractivity contribution is 7.16. The highest BCUT2D eigenvalue weighted by atomic mass is 32.1. The Morgan fingerprint density at radius 2 is 1.79 bits per heavy atom. The van der Waals surface area contributed by atoms with E-state index in [1.165, 1.54) is 11.3 Å². The van der Waals surface area contributed by atoms with Crippen LogP contribution < -0.4 is 4.80 Å². The number of ether oxygens (including phenoxy) is 1. The molecular formula is C22H24N2O3S. The summed E-state index contributed by atoms with van der Waals surface area (Å²) >= 11 is 1.40. The molecule has 0 saturated heterocycles. The first-order valence-electron chi connectivity index (χ1n) is 9.34. The zero-order valence-corrected chi connectivity index (χ0v) is 17.3. The molecular weight excluding hydrogens is 372 g/mol. The Morgan fingerprint density at radius 1 is 1.11 bits per heavy atom. The van der Waals surface area contributed by atoms with Crippen LogP contribution in [-0.2, 0) is 9.53 Å². The second-order valence-electron chi connectivity index (χ2n) is 6.95. The van der Waals surface area contributed by atoms with Crippen molar-refractivity contribution < 1.29 is 14.3 Å². The summed E-state index contributed by atoms with van der Waals surface area (Å²) in [6.45, 7) is 7.99. The van der Waals surface area contributed by atoms with Gasteiger partial charge in [0.15, 0.2) is 4.80 Å². The average molecular weight is 397 g/mol. The highest BCUT2D eigenvalue weighted by Gasteiger charge is 2.28. The van der Waals surface area contributed by atoms with Crippen molar-refractivity contribution in [3.05, 3.63) is 64.5 Å². The fourth-order valence-corrected chi connectivity index (χ4v) is 4.14. The summed E-state index contributed by atoms with van der Waals surface area (Å²) in [5.74, 6) is -0.664. The smallest absolute Gasteiger partial charge is 0.329 e.